The first-order chi connectivity index (χ1) is 15.6. The molecule has 0 spiro atoms. The number of carbonyl (C=O) groups excluding carboxylic acids is 1. The first-order valence-electron chi connectivity index (χ1n) is 9.56. The quantitative estimate of drug-likeness (QED) is 0.415. The van der Waals surface area contributed by atoms with Gasteiger partial charge in [0, 0.05) is 18.0 Å². The third kappa shape index (κ3) is 6.16. The van der Waals surface area contributed by atoms with Gasteiger partial charge in [0.15, 0.2) is 0 Å². The van der Waals surface area contributed by atoms with Gasteiger partial charge in [0.05, 0.1) is 22.4 Å². The maximum absolute atomic E-state index is 13.3. The third-order valence-corrected chi connectivity index (χ3v) is 6.23. The van der Waals surface area contributed by atoms with E-state index in [1.165, 1.54) is 30.6 Å². The van der Waals surface area contributed by atoms with E-state index < -0.39 is 34.2 Å². The van der Waals surface area contributed by atoms with Crippen LogP contribution in [-0.2, 0) is 21.0 Å². The van der Waals surface area contributed by atoms with E-state index in [1.54, 1.807) is 37.4 Å². The lowest BCUT2D eigenvalue weighted by Gasteiger charge is -2.24. The smallest absolute Gasteiger partial charge is 0.271 e. The topological polar surface area (TPSA) is 91.7 Å². The van der Waals surface area contributed by atoms with E-state index in [0.717, 1.165) is 17.7 Å². The van der Waals surface area contributed by atoms with Crippen LogP contribution in [0.4, 0.5) is 18.9 Å². The number of sulfonamides is 1. The average Bonchev–Trinajstić information content (AvgIpc) is 2.78. The van der Waals surface area contributed by atoms with Crippen LogP contribution in [0, 0.1) is 6.92 Å². The minimum Gasteiger partial charge on any atom is -0.271 e. The summed E-state index contributed by atoms with van der Waals surface area (Å²) in [5, 5.41) is 3.75. The summed E-state index contributed by atoms with van der Waals surface area (Å²) < 4.78 is 66.8. The van der Waals surface area contributed by atoms with Crippen molar-refractivity contribution in [3.05, 3.63) is 89.7 Å². The molecule has 0 aliphatic carbocycles. The number of halogens is 3. The van der Waals surface area contributed by atoms with E-state index in [9.17, 15) is 26.4 Å². The lowest BCUT2D eigenvalue weighted by Crippen LogP contribution is -2.39. The van der Waals surface area contributed by atoms with Crippen LogP contribution in [0.15, 0.2) is 83.1 Å². The number of benzene rings is 2. The van der Waals surface area contributed by atoms with Crippen molar-refractivity contribution in [2.45, 2.75) is 18.0 Å². The van der Waals surface area contributed by atoms with Gasteiger partial charge in [-0.25, -0.2) is 13.8 Å². The summed E-state index contributed by atoms with van der Waals surface area (Å²) in [6.07, 6.45) is -0.342. The second kappa shape index (κ2) is 9.82. The molecule has 3 aromatic rings. The number of nitrogens with one attached hydrogen (secondary N) is 1. The molecule has 0 bridgehead atoms. The molecule has 0 saturated heterocycles. The maximum Gasteiger partial charge on any atom is 0.416 e. The number of aromatic nitrogens is 1. The highest BCUT2D eigenvalue weighted by molar-refractivity contribution is 7.92. The Kier molecular flexibility index (Phi) is 7.12. The maximum atomic E-state index is 13.3. The van der Waals surface area contributed by atoms with Crippen LogP contribution in [0.1, 0.15) is 16.7 Å². The molecule has 0 radical (unpaired) electrons. The molecule has 0 atom stereocenters. The lowest BCUT2D eigenvalue weighted by atomic mass is 10.2. The number of nitrogens with zero attached hydrogens (tertiary/aromatic N) is 3. The fourth-order valence-electron chi connectivity index (χ4n) is 2.79. The predicted molar refractivity (Wildman–Crippen MR) is 117 cm³/mol. The van der Waals surface area contributed by atoms with Crippen molar-refractivity contribution in [3.63, 3.8) is 0 Å². The second-order valence-electron chi connectivity index (χ2n) is 6.95. The van der Waals surface area contributed by atoms with E-state index >= 15 is 0 Å². The van der Waals surface area contributed by atoms with Crippen LogP contribution in [0.25, 0.3) is 0 Å². The zero-order chi connectivity index (χ0) is 24.1. The Morgan fingerprint density at radius 2 is 1.85 bits per heavy atom. The van der Waals surface area contributed by atoms with Crippen LogP contribution in [-0.4, -0.2) is 32.1 Å². The number of aryl methyl sites for hydroxylation is 1. The lowest BCUT2D eigenvalue weighted by molar-refractivity contribution is -0.137. The van der Waals surface area contributed by atoms with Gasteiger partial charge in [0.2, 0.25) is 0 Å². The number of amides is 1. The summed E-state index contributed by atoms with van der Waals surface area (Å²) in [6.45, 7) is 0.969. The molecular formula is C22H19F3N4O3S. The molecule has 0 fully saturated rings. The van der Waals surface area contributed by atoms with E-state index in [1.807, 2.05) is 0 Å². The standard InChI is InChI=1S/C22H19F3N4O3S/c1-16-7-9-20(10-8-16)33(31,32)29(19-6-2-5-18(12-19)22(23,24)25)15-21(30)28-27-14-17-4-3-11-26-13-17/h2-14H,15H2,1H3,(H,28,30)/b27-14-. The van der Waals surface area contributed by atoms with Crippen molar-refractivity contribution in [1.82, 2.24) is 10.4 Å². The van der Waals surface area contributed by atoms with E-state index in [4.69, 9.17) is 0 Å². The Morgan fingerprint density at radius 3 is 2.48 bits per heavy atom. The van der Waals surface area contributed by atoms with Gasteiger partial charge in [-0.3, -0.25) is 14.1 Å². The summed E-state index contributed by atoms with van der Waals surface area (Å²) in [6, 6.07) is 12.8. The Balaban J connectivity index is 1.93. The fraction of sp³-hybridized carbons (Fsp3) is 0.136. The van der Waals surface area contributed by atoms with E-state index in [0.29, 0.717) is 15.9 Å². The third-order valence-electron chi connectivity index (χ3n) is 4.44. The minimum absolute atomic E-state index is 0.169. The number of anilines is 1. The van der Waals surface area contributed by atoms with Gasteiger partial charge < -0.3 is 0 Å². The SMILES string of the molecule is Cc1ccc(S(=O)(=O)N(CC(=O)N/N=C\c2cccnc2)c2cccc(C(F)(F)F)c2)cc1. The van der Waals surface area contributed by atoms with Gasteiger partial charge >= 0.3 is 6.18 Å². The average molecular weight is 476 g/mol. The fourth-order valence-corrected chi connectivity index (χ4v) is 4.20. The predicted octanol–water partition coefficient (Wildman–Crippen LogP) is 3.75. The Morgan fingerprint density at radius 1 is 1.12 bits per heavy atom. The van der Waals surface area contributed by atoms with Crippen molar-refractivity contribution in [1.29, 1.82) is 0 Å². The molecule has 7 nitrogen and oxygen atoms in total. The first kappa shape index (κ1) is 23.9. The van der Waals surface area contributed by atoms with Crippen LogP contribution in [0.2, 0.25) is 0 Å². The highest BCUT2D eigenvalue weighted by atomic mass is 32.2. The van der Waals surface area contributed by atoms with Crippen molar-refractivity contribution in [2.75, 3.05) is 10.8 Å². The number of pyridine rings is 1. The monoisotopic (exact) mass is 476 g/mol. The van der Waals surface area contributed by atoms with E-state index in [2.05, 4.69) is 15.5 Å². The largest absolute Gasteiger partial charge is 0.416 e. The molecule has 1 heterocycles. The van der Waals surface area contributed by atoms with Crippen LogP contribution in [0.3, 0.4) is 0 Å². The molecule has 0 saturated carbocycles. The summed E-state index contributed by atoms with van der Waals surface area (Å²) >= 11 is 0. The zero-order valence-corrected chi connectivity index (χ0v) is 18.1. The molecule has 0 aliphatic heterocycles. The van der Waals surface area contributed by atoms with Crippen LogP contribution >= 0.6 is 0 Å². The van der Waals surface area contributed by atoms with Crippen LogP contribution < -0.4 is 9.73 Å². The van der Waals surface area contributed by atoms with E-state index in [-0.39, 0.29) is 10.6 Å². The van der Waals surface area contributed by atoms with Crippen molar-refractivity contribution >= 4 is 27.8 Å². The van der Waals surface area contributed by atoms with Crippen LogP contribution in [0.5, 0.6) is 0 Å². The zero-order valence-electron chi connectivity index (χ0n) is 17.3. The summed E-state index contributed by atoms with van der Waals surface area (Å²) in [5.41, 5.74) is 2.21. The van der Waals surface area contributed by atoms with Crippen molar-refractivity contribution in [2.24, 2.45) is 5.10 Å². The molecule has 1 amide bonds. The highest BCUT2D eigenvalue weighted by Gasteiger charge is 2.33. The van der Waals surface area contributed by atoms with Crippen molar-refractivity contribution in [3.8, 4) is 0 Å². The Hall–Kier alpha value is -3.73. The van der Waals surface area contributed by atoms with Crippen molar-refractivity contribution < 1.29 is 26.4 Å². The number of hydrazone groups is 1. The Labute approximate surface area is 188 Å². The molecule has 2 aromatic carbocycles. The van der Waals surface area contributed by atoms with Gasteiger partial charge in [-0.15, -0.1) is 0 Å². The summed E-state index contributed by atoms with van der Waals surface area (Å²) in [7, 11) is -4.36. The number of hydrogen-bond acceptors (Lipinski definition) is 5. The molecular weight excluding hydrogens is 457 g/mol. The summed E-state index contributed by atoms with van der Waals surface area (Å²) in [4.78, 5) is 16.2. The second-order valence-corrected chi connectivity index (χ2v) is 8.81. The normalized spacial score (nSPS) is 12.0. The molecule has 3 rings (SSSR count). The number of carbonyl (C=O) groups is 1. The minimum atomic E-state index is -4.69. The number of alkyl halides is 3. The van der Waals surface area contributed by atoms with Gasteiger partial charge in [-0.2, -0.15) is 18.3 Å². The van der Waals surface area contributed by atoms with Gasteiger partial charge in [-0.1, -0.05) is 29.8 Å². The first-order valence-corrected chi connectivity index (χ1v) is 11.0. The molecule has 1 N–H and O–H groups in total. The molecule has 0 aliphatic rings. The summed E-state index contributed by atoms with van der Waals surface area (Å²) in [5.74, 6) is -0.844. The number of rotatable bonds is 7. The molecule has 33 heavy (non-hydrogen) atoms. The van der Waals surface area contributed by atoms with Gasteiger partial charge in [0.1, 0.15) is 6.54 Å². The number of hydrogen-bond donors (Lipinski definition) is 1. The molecule has 172 valence electrons. The highest BCUT2D eigenvalue weighted by Crippen LogP contribution is 2.33. The molecule has 1 aromatic heterocycles. The molecule has 11 heteroatoms. The Bertz CT molecular complexity index is 1250. The van der Waals surface area contributed by atoms with Gasteiger partial charge in [0.25, 0.3) is 15.9 Å². The van der Waals surface area contributed by atoms with Gasteiger partial charge in [-0.05, 0) is 43.3 Å². The molecule has 0 unspecified atom stereocenters.